The zero-order valence-electron chi connectivity index (χ0n) is 31.2. The highest BCUT2D eigenvalue weighted by atomic mass is 15.4. The summed E-state index contributed by atoms with van der Waals surface area (Å²) in [4.78, 5) is 6.65. The summed E-state index contributed by atoms with van der Waals surface area (Å²) in [5.41, 5.74) is 5.28. The van der Waals surface area contributed by atoms with Crippen LogP contribution in [0.5, 0.6) is 0 Å². The lowest BCUT2D eigenvalue weighted by Crippen LogP contribution is -2.43. The lowest BCUT2D eigenvalue weighted by Gasteiger charge is -2.36. The molecule has 2 heterocycles. The van der Waals surface area contributed by atoms with Crippen LogP contribution in [0, 0.1) is 13.8 Å². The van der Waals surface area contributed by atoms with Crippen LogP contribution in [0.15, 0.2) is 60.7 Å². The van der Waals surface area contributed by atoms with E-state index < -0.39 is 44.9 Å². The molecule has 3 aromatic rings. The van der Waals surface area contributed by atoms with E-state index in [0.717, 1.165) is 22.5 Å². The fraction of sp³-hybridized carbons (Fsp3) is 0.400. The van der Waals surface area contributed by atoms with E-state index in [1.165, 1.54) is 11.8 Å². The maximum absolute atomic E-state index is 9.04. The average molecular weight is 466 g/mol. The number of benzene rings is 3. The predicted octanol–water partition coefficient (Wildman–Crippen LogP) is 7.73. The van der Waals surface area contributed by atoms with Gasteiger partial charge in [-0.2, -0.15) is 0 Å². The van der Waals surface area contributed by atoms with Gasteiger partial charge in [0.25, 0.3) is 0 Å². The quantitative estimate of drug-likeness (QED) is 0.391. The molecule has 178 valence electrons. The molecule has 0 saturated carbocycles. The van der Waals surface area contributed by atoms with Crippen LogP contribution in [0.4, 0.5) is 34.1 Å². The Morgan fingerprint density at radius 2 is 1.09 bits per heavy atom. The van der Waals surface area contributed by atoms with E-state index in [4.69, 9.17) is 15.1 Å². The fourth-order valence-electron chi connectivity index (χ4n) is 5.53. The Morgan fingerprint density at radius 3 is 1.53 bits per heavy atom. The van der Waals surface area contributed by atoms with Crippen molar-refractivity contribution in [3.8, 4) is 0 Å². The molecule has 2 aliphatic rings. The second-order valence-electron chi connectivity index (χ2n) is 9.08. The normalized spacial score (nSPS) is 27.4. The molecule has 4 nitrogen and oxygen atoms in total. The van der Waals surface area contributed by atoms with Crippen molar-refractivity contribution in [2.75, 3.05) is 19.6 Å². The number of aryl methyl sites for hydroxylation is 1. The molecule has 5 rings (SSSR count). The molecule has 0 N–H and O–H groups in total. The lowest BCUT2D eigenvalue weighted by atomic mass is 10.0. The molecule has 3 atom stereocenters. The molecule has 0 radical (unpaired) electrons. The molecule has 0 aliphatic carbocycles. The molecule has 2 aliphatic heterocycles. The van der Waals surface area contributed by atoms with E-state index in [2.05, 4.69) is 0 Å². The molecule has 4 heteroatoms. The number of rotatable bonds is 4. The Hall–Kier alpha value is -3.14. The number of para-hydroxylation sites is 4. The number of hydrogen-bond donors (Lipinski definition) is 0. The third-order valence-corrected chi connectivity index (χ3v) is 6.91. The Morgan fingerprint density at radius 1 is 0.676 bits per heavy atom. The first-order valence-electron chi connectivity index (χ1n) is 17.0. The van der Waals surface area contributed by atoms with E-state index >= 15 is 0 Å². The summed E-state index contributed by atoms with van der Waals surface area (Å²) in [6, 6.07) is 13.3. The zero-order chi connectivity index (χ0) is 33.7. The van der Waals surface area contributed by atoms with E-state index in [0.29, 0.717) is 22.7 Å². The summed E-state index contributed by atoms with van der Waals surface area (Å²) in [6.45, 7) is -0.187. The molecule has 0 bridgehead atoms. The van der Waals surface area contributed by atoms with Crippen molar-refractivity contribution in [2.24, 2.45) is 0 Å². The smallest absolute Gasteiger partial charge is 0.104 e. The molecular weight excluding hydrogens is 416 g/mol. The summed E-state index contributed by atoms with van der Waals surface area (Å²) in [7, 11) is 0. The van der Waals surface area contributed by atoms with Crippen molar-refractivity contribution < 1.29 is 15.1 Å². The highest BCUT2D eigenvalue weighted by Gasteiger charge is 2.39. The number of hydrogen-bond acceptors (Lipinski definition) is 4. The van der Waals surface area contributed by atoms with Crippen molar-refractivity contribution in [1.82, 2.24) is 0 Å². The van der Waals surface area contributed by atoms with Crippen LogP contribution < -0.4 is 19.6 Å². The largest absolute Gasteiger partial charge is 0.347 e. The molecular formula is C30H38N4. The van der Waals surface area contributed by atoms with Crippen molar-refractivity contribution >= 4 is 34.1 Å². The van der Waals surface area contributed by atoms with Gasteiger partial charge in [0.15, 0.2) is 0 Å². The van der Waals surface area contributed by atoms with Gasteiger partial charge in [0.2, 0.25) is 0 Å². The summed E-state index contributed by atoms with van der Waals surface area (Å²) in [5, 5.41) is 0. The third kappa shape index (κ3) is 3.26. The zero-order valence-corrected chi connectivity index (χ0v) is 20.2. The van der Waals surface area contributed by atoms with Crippen LogP contribution in [0.2, 0.25) is 0 Å². The van der Waals surface area contributed by atoms with Crippen LogP contribution >= 0.6 is 0 Å². The minimum atomic E-state index is -3.17. The monoisotopic (exact) mass is 465 g/mol. The number of nitrogens with zero attached hydrogens (tertiary/aromatic N) is 4. The van der Waals surface area contributed by atoms with Crippen molar-refractivity contribution in [2.45, 2.75) is 79.5 Å². The molecule has 34 heavy (non-hydrogen) atoms. The number of anilines is 6. The van der Waals surface area contributed by atoms with Gasteiger partial charge in [0.05, 0.1) is 25.5 Å². The van der Waals surface area contributed by atoms with E-state index in [-0.39, 0.29) is 0 Å². The minimum Gasteiger partial charge on any atom is -0.347 e. The second-order valence-corrected chi connectivity index (χ2v) is 9.08. The SMILES string of the molecule is [2H]C([2H])([2H])C([2H])(C)N1c2ccccc2N(c2cc(C)cc(N3c4ccccc4N(C([2H])(C([2H])([2H])[2H])C([2H])([2H])[2H])[C@H]3C)c2C)[C@H]1C. The van der Waals surface area contributed by atoms with Gasteiger partial charge in [-0.15, -0.1) is 0 Å². The van der Waals surface area contributed by atoms with Gasteiger partial charge in [-0.05, 0) is 103 Å². The maximum Gasteiger partial charge on any atom is 0.104 e. The highest BCUT2D eigenvalue weighted by Crippen LogP contribution is 2.50. The Labute approximate surface area is 220 Å². The molecule has 0 amide bonds. The van der Waals surface area contributed by atoms with Crippen LogP contribution in [-0.4, -0.2) is 24.4 Å². The summed E-state index contributed by atoms with van der Waals surface area (Å²) in [5.74, 6) is 0. The molecule has 0 saturated heterocycles. The van der Waals surface area contributed by atoms with Crippen LogP contribution in [0.1, 0.15) is 67.5 Å². The van der Waals surface area contributed by atoms with Gasteiger partial charge in [0, 0.05) is 35.7 Å². The van der Waals surface area contributed by atoms with Gasteiger partial charge in [-0.25, -0.2) is 0 Å². The first kappa shape index (κ1) is 13.1. The van der Waals surface area contributed by atoms with Gasteiger partial charge < -0.3 is 19.6 Å². The Balaban J connectivity index is 1.71. The third-order valence-electron chi connectivity index (χ3n) is 6.91. The first-order valence-corrected chi connectivity index (χ1v) is 11.5. The van der Waals surface area contributed by atoms with E-state index in [1.807, 2.05) is 67.0 Å². The van der Waals surface area contributed by atoms with Crippen LogP contribution in [-0.2, 0) is 0 Å². The van der Waals surface area contributed by atoms with Gasteiger partial charge in [-0.3, -0.25) is 0 Å². The van der Waals surface area contributed by atoms with Crippen LogP contribution in [0.3, 0.4) is 0 Å². The predicted molar refractivity (Wildman–Crippen MR) is 147 cm³/mol. The Bertz CT molecular complexity index is 1600. The molecule has 1 unspecified atom stereocenters. The highest BCUT2D eigenvalue weighted by molar-refractivity contribution is 5.90. The standard InChI is InChI=1S/C30H38N4/c1-19(2)31-23(7)33(27-15-11-9-13-25(27)31)29-17-21(5)18-30(22(29)6)34-24(8)32(20(3)4)26-14-10-12-16-28(26)34/h9-20,23-24H,1-8H3/t23-,24+/i1D3,2D3,3D3,19D,20D/t20?,23-,24+/m1/s1. The van der Waals surface area contributed by atoms with Crippen molar-refractivity contribution in [1.29, 1.82) is 0 Å². The summed E-state index contributed by atoms with van der Waals surface area (Å²) < 4.78 is 91.6. The molecule has 0 spiro atoms. The van der Waals surface area contributed by atoms with Crippen molar-refractivity contribution in [3.63, 3.8) is 0 Å². The Kier molecular flexibility index (Phi) is 3.18. The van der Waals surface area contributed by atoms with Crippen LogP contribution in [0.25, 0.3) is 0 Å². The minimum absolute atomic E-state index is 0.323. The maximum atomic E-state index is 9.04. The summed E-state index contributed by atoms with van der Waals surface area (Å²) in [6.07, 6.45) is -1.44. The van der Waals surface area contributed by atoms with Gasteiger partial charge >= 0.3 is 0 Å². The molecule has 3 aromatic carbocycles. The first-order chi connectivity index (χ1) is 20.6. The van der Waals surface area contributed by atoms with Gasteiger partial charge in [0.1, 0.15) is 12.3 Å². The lowest BCUT2D eigenvalue weighted by molar-refractivity contribution is 0.603. The van der Waals surface area contributed by atoms with E-state index in [9.17, 15) is 0 Å². The average Bonchev–Trinajstić information content (AvgIpc) is 3.37. The fourth-order valence-corrected chi connectivity index (χ4v) is 5.53. The second kappa shape index (κ2) is 8.26. The molecule has 0 aromatic heterocycles. The number of fused-ring (bicyclic) bond motifs is 2. The summed E-state index contributed by atoms with van der Waals surface area (Å²) >= 11 is 0. The molecule has 0 fully saturated rings. The van der Waals surface area contributed by atoms with Gasteiger partial charge in [-0.1, -0.05) is 24.3 Å². The van der Waals surface area contributed by atoms with Crippen molar-refractivity contribution in [3.05, 3.63) is 71.8 Å². The topological polar surface area (TPSA) is 13.0 Å². The van der Waals surface area contributed by atoms with E-state index in [1.54, 1.807) is 36.1 Å².